The van der Waals surface area contributed by atoms with Gasteiger partial charge in [-0.25, -0.2) is 4.39 Å². The Morgan fingerprint density at radius 1 is 1.03 bits per heavy atom. The number of anilines is 1. The topological polar surface area (TPSA) is 91.7 Å². The van der Waals surface area contributed by atoms with E-state index in [2.05, 4.69) is 10.4 Å². The molecular formula is C21H20FN3O5. The van der Waals surface area contributed by atoms with Crippen molar-refractivity contribution in [1.82, 2.24) is 9.78 Å². The van der Waals surface area contributed by atoms with Gasteiger partial charge in [-0.2, -0.15) is 4.68 Å². The fraction of sp³-hybridized carbons (Fsp3) is 0.190. The first kappa shape index (κ1) is 20.8. The van der Waals surface area contributed by atoms with Crippen LogP contribution in [0.4, 0.5) is 10.1 Å². The highest BCUT2D eigenvalue weighted by Gasteiger charge is 2.17. The number of nitrogens with zero attached hydrogens (tertiary/aromatic N) is 2. The van der Waals surface area contributed by atoms with Gasteiger partial charge in [0, 0.05) is 23.9 Å². The second-order valence-corrected chi connectivity index (χ2v) is 6.22. The van der Waals surface area contributed by atoms with Crippen LogP contribution in [0, 0.1) is 5.82 Å². The van der Waals surface area contributed by atoms with Gasteiger partial charge in [-0.1, -0.05) is 0 Å². The van der Waals surface area contributed by atoms with Crippen molar-refractivity contribution in [3.63, 3.8) is 0 Å². The monoisotopic (exact) mass is 413 g/mol. The Bertz CT molecular complexity index is 1100. The highest BCUT2D eigenvalue weighted by atomic mass is 19.1. The summed E-state index contributed by atoms with van der Waals surface area (Å²) in [7, 11) is 3.02. The fourth-order valence-corrected chi connectivity index (χ4v) is 2.62. The quantitative estimate of drug-likeness (QED) is 0.641. The molecule has 2 aromatic carbocycles. The summed E-state index contributed by atoms with van der Waals surface area (Å²) in [6.07, 6.45) is -0.912. The number of aromatic nitrogens is 2. The van der Waals surface area contributed by atoms with Gasteiger partial charge < -0.3 is 19.5 Å². The Labute approximate surface area is 171 Å². The molecule has 0 aliphatic carbocycles. The molecule has 3 rings (SSSR count). The third-order valence-corrected chi connectivity index (χ3v) is 4.16. The maximum atomic E-state index is 13.1. The average Bonchev–Trinajstić information content (AvgIpc) is 2.75. The number of ether oxygens (including phenoxy) is 3. The van der Waals surface area contributed by atoms with E-state index in [-0.39, 0.29) is 5.88 Å². The van der Waals surface area contributed by atoms with Crippen molar-refractivity contribution >= 4 is 11.6 Å². The van der Waals surface area contributed by atoms with Crippen molar-refractivity contribution in [2.45, 2.75) is 13.0 Å². The molecule has 8 nitrogen and oxygen atoms in total. The van der Waals surface area contributed by atoms with Gasteiger partial charge in [-0.15, -0.1) is 5.10 Å². The zero-order valence-electron chi connectivity index (χ0n) is 16.6. The molecule has 1 heterocycles. The minimum absolute atomic E-state index is 0.0638. The summed E-state index contributed by atoms with van der Waals surface area (Å²) < 4.78 is 30.1. The molecule has 0 aliphatic rings. The molecule has 9 heteroatoms. The van der Waals surface area contributed by atoms with E-state index in [4.69, 9.17) is 14.2 Å². The second-order valence-electron chi connectivity index (χ2n) is 6.22. The number of nitrogens with one attached hydrogen (secondary N) is 1. The van der Waals surface area contributed by atoms with Crippen LogP contribution in [0.5, 0.6) is 17.4 Å². The van der Waals surface area contributed by atoms with Crippen molar-refractivity contribution in [3.8, 4) is 23.1 Å². The van der Waals surface area contributed by atoms with E-state index in [1.54, 1.807) is 25.1 Å². The summed E-state index contributed by atoms with van der Waals surface area (Å²) in [4.78, 5) is 24.6. The first-order valence-electron chi connectivity index (χ1n) is 8.97. The van der Waals surface area contributed by atoms with Crippen molar-refractivity contribution in [2.75, 3.05) is 19.5 Å². The van der Waals surface area contributed by atoms with E-state index in [0.29, 0.717) is 22.9 Å². The van der Waals surface area contributed by atoms with Crippen LogP contribution >= 0.6 is 0 Å². The Morgan fingerprint density at radius 3 is 2.40 bits per heavy atom. The van der Waals surface area contributed by atoms with E-state index in [1.165, 1.54) is 50.6 Å². The van der Waals surface area contributed by atoms with Gasteiger partial charge in [-0.3, -0.25) is 9.59 Å². The molecule has 30 heavy (non-hydrogen) atoms. The summed E-state index contributed by atoms with van der Waals surface area (Å²) in [5, 5.41) is 6.81. The average molecular weight is 413 g/mol. The lowest BCUT2D eigenvalue weighted by atomic mass is 10.2. The van der Waals surface area contributed by atoms with Crippen LogP contribution in [-0.2, 0) is 4.79 Å². The van der Waals surface area contributed by atoms with Gasteiger partial charge in [0.15, 0.2) is 17.6 Å². The van der Waals surface area contributed by atoms with Crippen LogP contribution in [-0.4, -0.2) is 36.0 Å². The number of carbonyl (C=O) groups is 1. The Morgan fingerprint density at radius 2 is 1.73 bits per heavy atom. The number of benzene rings is 2. The predicted molar refractivity (Wildman–Crippen MR) is 108 cm³/mol. The lowest BCUT2D eigenvalue weighted by molar-refractivity contribution is -0.122. The lowest BCUT2D eigenvalue weighted by Crippen LogP contribution is -2.31. The highest BCUT2D eigenvalue weighted by Crippen LogP contribution is 2.29. The molecular weight excluding hydrogens is 393 g/mol. The van der Waals surface area contributed by atoms with E-state index in [9.17, 15) is 14.0 Å². The first-order valence-corrected chi connectivity index (χ1v) is 8.97. The molecule has 1 atom stereocenters. The number of rotatable bonds is 7. The normalized spacial score (nSPS) is 11.5. The summed E-state index contributed by atoms with van der Waals surface area (Å²) in [6, 6.07) is 12.8. The van der Waals surface area contributed by atoms with Crippen LogP contribution in [0.2, 0.25) is 0 Å². The van der Waals surface area contributed by atoms with Gasteiger partial charge in [0.2, 0.25) is 5.88 Å². The molecule has 0 fully saturated rings. The van der Waals surface area contributed by atoms with Gasteiger partial charge in [0.05, 0.1) is 19.9 Å². The smallest absolute Gasteiger partial charge is 0.271 e. The zero-order valence-corrected chi connectivity index (χ0v) is 16.6. The van der Waals surface area contributed by atoms with Crippen molar-refractivity contribution in [3.05, 3.63) is 70.8 Å². The number of halogens is 1. The van der Waals surface area contributed by atoms with Crippen molar-refractivity contribution < 1.29 is 23.4 Å². The van der Waals surface area contributed by atoms with Gasteiger partial charge in [-0.05, 0) is 43.3 Å². The Kier molecular flexibility index (Phi) is 6.31. The van der Waals surface area contributed by atoms with E-state index in [0.717, 1.165) is 4.68 Å². The number of hydrogen-bond acceptors (Lipinski definition) is 6. The highest BCUT2D eigenvalue weighted by molar-refractivity contribution is 5.94. The molecule has 0 unspecified atom stereocenters. The van der Waals surface area contributed by atoms with Crippen LogP contribution in [0.15, 0.2) is 59.4 Å². The summed E-state index contributed by atoms with van der Waals surface area (Å²) >= 11 is 0. The van der Waals surface area contributed by atoms with Gasteiger partial charge in [0.25, 0.3) is 11.5 Å². The largest absolute Gasteiger partial charge is 0.493 e. The van der Waals surface area contributed by atoms with Crippen molar-refractivity contribution in [2.24, 2.45) is 0 Å². The van der Waals surface area contributed by atoms with Crippen molar-refractivity contribution in [1.29, 1.82) is 0 Å². The summed E-state index contributed by atoms with van der Waals surface area (Å²) in [6.45, 7) is 1.55. The van der Waals surface area contributed by atoms with E-state index in [1.807, 2.05) is 0 Å². The number of methoxy groups -OCH3 is 2. The minimum atomic E-state index is -0.912. The number of amides is 1. The molecule has 0 aliphatic heterocycles. The number of hydrogen-bond donors (Lipinski definition) is 1. The van der Waals surface area contributed by atoms with E-state index >= 15 is 0 Å². The Balaban J connectivity index is 1.73. The molecule has 0 saturated carbocycles. The second kappa shape index (κ2) is 9.08. The third kappa shape index (κ3) is 4.75. The lowest BCUT2D eigenvalue weighted by Gasteiger charge is -2.16. The molecule has 0 bridgehead atoms. The maximum absolute atomic E-state index is 13.1. The van der Waals surface area contributed by atoms with Crippen LogP contribution in [0.25, 0.3) is 5.69 Å². The minimum Gasteiger partial charge on any atom is -0.493 e. The molecule has 1 aromatic heterocycles. The van der Waals surface area contributed by atoms with Crippen LogP contribution in [0.3, 0.4) is 0 Å². The van der Waals surface area contributed by atoms with Gasteiger partial charge in [0.1, 0.15) is 5.82 Å². The molecule has 1 amide bonds. The molecule has 0 saturated heterocycles. The molecule has 0 spiro atoms. The maximum Gasteiger partial charge on any atom is 0.271 e. The van der Waals surface area contributed by atoms with Crippen LogP contribution in [0.1, 0.15) is 6.92 Å². The summed E-state index contributed by atoms with van der Waals surface area (Å²) in [5.41, 5.74) is 0.447. The zero-order chi connectivity index (χ0) is 21.7. The number of carbonyl (C=O) groups excluding carboxylic acids is 1. The van der Waals surface area contributed by atoms with E-state index < -0.39 is 23.4 Å². The molecule has 0 radical (unpaired) electrons. The first-order chi connectivity index (χ1) is 14.4. The predicted octanol–water partition coefficient (Wildman–Crippen LogP) is 2.79. The SMILES string of the molecule is COc1ccc(NC(=O)[C@@H](C)Oc2ccc(=O)n(-c3ccc(F)cc3)n2)cc1OC. The molecule has 1 N–H and O–H groups in total. The molecule has 3 aromatic rings. The fourth-order valence-electron chi connectivity index (χ4n) is 2.62. The summed E-state index contributed by atoms with van der Waals surface area (Å²) in [5.74, 6) is 0.209. The third-order valence-electron chi connectivity index (χ3n) is 4.16. The van der Waals surface area contributed by atoms with Crippen LogP contribution < -0.4 is 25.1 Å². The standard InChI is InChI=1S/C21H20FN3O5/c1-13(21(27)23-15-6-9-17(28-2)18(12-15)29-3)30-19-10-11-20(26)25(24-19)16-7-4-14(22)5-8-16/h4-13H,1-3H3,(H,23,27)/t13-/m1/s1. The molecule has 156 valence electrons. The Hall–Kier alpha value is -3.88. The van der Waals surface area contributed by atoms with Gasteiger partial charge >= 0.3 is 0 Å².